The van der Waals surface area contributed by atoms with Gasteiger partial charge in [0, 0.05) is 0 Å². The van der Waals surface area contributed by atoms with Gasteiger partial charge in [-0.2, -0.15) is 0 Å². The molecular formula is C9H16. The van der Waals surface area contributed by atoms with Crippen LogP contribution in [-0.2, 0) is 0 Å². The van der Waals surface area contributed by atoms with Crippen molar-refractivity contribution in [1.82, 2.24) is 0 Å². The summed E-state index contributed by atoms with van der Waals surface area (Å²) in [4.78, 5) is 0. The van der Waals surface area contributed by atoms with Gasteiger partial charge in [-0.3, -0.25) is 0 Å². The fourth-order valence-electron chi connectivity index (χ4n) is 0.574. The average molecular weight is 124 g/mol. The van der Waals surface area contributed by atoms with Gasteiger partial charge in [-0.1, -0.05) is 32.1 Å². The Labute approximate surface area is 58.3 Å². The van der Waals surface area contributed by atoms with E-state index < -0.39 is 0 Å². The molecule has 0 saturated heterocycles. The molecule has 1 unspecified atom stereocenters. The highest BCUT2D eigenvalue weighted by Crippen LogP contribution is 2.02. The summed E-state index contributed by atoms with van der Waals surface area (Å²) in [5.74, 6) is 0.632. The molecule has 0 aliphatic rings. The SMILES string of the molecule is C=CC(C)C/C=C\CC. The van der Waals surface area contributed by atoms with Crippen molar-refractivity contribution in [3.05, 3.63) is 24.8 Å². The molecule has 0 saturated carbocycles. The summed E-state index contributed by atoms with van der Waals surface area (Å²) in [6.07, 6.45) is 8.67. The maximum Gasteiger partial charge on any atom is -0.0230 e. The van der Waals surface area contributed by atoms with Gasteiger partial charge in [-0.05, 0) is 18.8 Å². The molecule has 1 atom stereocenters. The molecule has 0 aliphatic heterocycles. The van der Waals surface area contributed by atoms with Crippen LogP contribution in [0.4, 0.5) is 0 Å². The maximum absolute atomic E-state index is 3.71. The summed E-state index contributed by atoms with van der Waals surface area (Å²) in [7, 11) is 0. The van der Waals surface area contributed by atoms with Gasteiger partial charge in [0.2, 0.25) is 0 Å². The lowest BCUT2D eigenvalue weighted by Crippen LogP contribution is -1.83. The van der Waals surface area contributed by atoms with E-state index in [9.17, 15) is 0 Å². The summed E-state index contributed by atoms with van der Waals surface area (Å²) >= 11 is 0. The molecule has 0 aromatic heterocycles. The van der Waals surface area contributed by atoms with Crippen LogP contribution >= 0.6 is 0 Å². The summed E-state index contributed by atoms with van der Waals surface area (Å²) < 4.78 is 0. The van der Waals surface area contributed by atoms with Crippen molar-refractivity contribution in [1.29, 1.82) is 0 Å². The third-order valence-electron chi connectivity index (χ3n) is 1.31. The number of hydrogen-bond donors (Lipinski definition) is 0. The van der Waals surface area contributed by atoms with Crippen LogP contribution in [0.5, 0.6) is 0 Å². The topological polar surface area (TPSA) is 0 Å². The van der Waals surface area contributed by atoms with Crippen LogP contribution in [0.1, 0.15) is 26.7 Å². The monoisotopic (exact) mass is 124 g/mol. The molecule has 0 bridgehead atoms. The van der Waals surface area contributed by atoms with Crippen molar-refractivity contribution < 1.29 is 0 Å². The molecule has 0 aromatic carbocycles. The first-order chi connectivity index (χ1) is 4.31. The summed E-state index contributed by atoms with van der Waals surface area (Å²) in [6.45, 7) is 8.03. The third kappa shape index (κ3) is 5.35. The number of allylic oxidation sites excluding steroid dienone is 3. The van der Waals surface area contributed by atoms with Crippen LogP contribution < -0.4 is 0 Å². The molecule has 0 aromatic rings. The normalized spacial score (nSPS) is 14.0. The molecule has 0 rings (SSSR count). The molecule has 0 radical (unpaired) electrons. The fourth-order valence-corrected chi connectivity index (χ4v) is 0.574. The minimum Gasteiger partial charge on any atom is -0.103 e. The van der Waals surface area contributed by atoms with Gasteiger partial charge in [0.15, 0.2) is 0 Å². The molecule has 9 heavy (non-hydrogen) atoms. The Bertz CT molecular complexity index is 90.2. The number of rotatable bonds is 4. The van der Waals surface area contributed by atoms with Crippen molar-refractivity contribution >= 4 is 0 Å². The Balaban J connectivity index is 3.25. The Morgan fingerprint density at radius 3 is 2.56 bits per heavy atom. The second kappa shape index (κ2) is 5.61. The maximum atomic E-state index is 3.71. The van der Waals surface area contributed by atoms with Gasteiger partial charge in [-0.15, -0.1) is 6.58 Å². The minimum absolute atomic E-state index is 0.632. The third-order valence-corrected chi connectivity index (χ3v) is 1.31. The highest BCUT2D eigenvalue weighted by molar-refractivity contribution is 4.87. The van der Waals surface area contributed by atoms with Gasteiger partial charge in [-0.25, -0.2) is 0 Å². The van der Waals surface area contributed by atoms with Gasteiger partial charge in [0.25, 0.3) is 0 Å². The summed E-state index contributed by atoms with van der Waals surface area (Å²) in [6, 6.07) is 0. The van der Waals surface area contributed by atoms with Gasteiger partial charge < -0.3 is 0 Å². The summed E-state index contributed by atoms with van der Waals surface area (Å²) in [5, 5.41) is 0. The molecule has 0 nitrogen and oxygen atoms in total. The van der Waals surface area contributed by atoms with Crippen molar-refractivity contribution in [3.63, 3.8) is 0 Å². The average Bonchev–Trinajstić information content (AvgIpc) is 1.89. The van der Waals surface area contributed by atoms with Crippen molar-refractivity contribution in [3.8, 4) is 0 Å². The van der Waals surface area contributed by atoms with Crippen molar-refractivity contribution in [2.24, 2.45) is 5.92 Å². The Morgan fingerprint density at radius 1 is 1.44 bits per heavy atom. The zero-order chi connectivity index (χ0) is 7.11. The second-order valence-corrected chi connectivity index (χ2v) is 2.33. The minimum atomic E-state index is 0.632. The molecule has 52 valence electrons. The molecule has 0 aliphatic carbocycles. The molecular weight excluding hydrogens is 108 g/mol. The predicted molar refractivity (Wildman–Crippen MR) is 43.4 cm³/mol. The lowest BCUT2D eigenvalue weighted by atomic mass is 10.1. The van der Waals surface area contributed by atoms with E-state index in [2.05, 4.69) is 32.6 Å². The lowest BCUT2D eigenvalue weighted by Gasteiger charge is -1.97. The Hall–Kier alpha value is -0.520. The van der Waals surface area contributed by atoms with Crippen LogP contribution in [0, 0.1) is 5.92 Å². The quantitative estimate of drug-likeness (QED) is 0.505. The van der Waals surface area contributed by atoms with E-state index in [1.807, 2.05) is 6.08 Å². The lowest BCUT2D eigenvalue weighted by molar-refractivity contribution is 0.745. The van der Waals surface area contributed by atoms with Gasteiger partial charge in [0.05, 0.1) is 0 Å². The fraction of sp³-hybridized carbons (Fsp3) is 0.556. The first-order valence-corrected chi connectivity index (χ1v) is 3.58. The first kappa shape index (κ1) is 8.48. The van der Waals surface area contributed by atoms with E-state index in [-0.39, 0.29) is 0 Å². The van der Waals surface area contributed by atoms with Crippen LogP contribution in [0.15, 0.2) is 24.8 Å². The zero-order valence-corrected chi connectivity index (χ0v) is 6.43. The largest absolute Gasteiger partial charge is 0.103 e. The van der Waals surface area contributed by atoms with Crippen LogP contribution in [0.25, 0.3) is 0 Å². The van der Waals surface area contributed by atoms with E-state index in [4.69, 9.17) is 0 Å². The van der Waals surface area contributed by atoms with Gasteiger partial charge >= 0.3 is 0 Å². The Kier molecular flexibility index (Phi) is 5.29. The summed E-state index contributed by atoms with van der Waals surface area (Å²) in [5.41, 5.74) is 0. The van der Waals surface area contributed by atoms with E-state index in [1.165, 1.54) is 0 Å². The van der Waals surface area contributed by atoms with Crippen molar-refractivity contribution in [2.75, 3.05) is 0 Å². The zero-order valence-electron chi connectivity index (χ0n) is 6.43. The van der Waals surface area contributed by atoms with Crippen LogP contribution in [0.3, 0.4) is 0 Å². The molecule has 0 fully saturated rings. The van der Waals surface area contributed by atoms with Crippen molar-refractivity contribution in [2.45, 2.75) is 26.7 Å². The smallest absolute Gasteiger partial charge is 0.0230 e. The molecule has 0 N–H and O–H groups in total. The predicted octanol–water partition coefficient (Wildman–Crippen LogP) is 3.16. The standard InChI is InChI=1S/C9H16/c1-4-6-7-8-9(3)5-2/h5-7,9H,2,4,8H2,1,3H3/b7-6-. The first-order valence-electron chi connectivity index (χ1n) is 3.58. The molecule has 0 heterocycles. The van der Waals surface area contributed by atoms with E-state index >= 15 is 0 Å². The van der Waals surface area contributed by atoms with E-state index in [0.29, 0.717) is 5.92 Å². The molecule has 0 spiro atoms. The van der Waals surface area contributed by atoms with Crippen LogP contribution in [0.2, 0.25) is 0 Å². The Morgan fingerprint density at radius 2 is 2.11 bits per heavy atom. The van der Waals surface area contributed by atoms with E-state index in [0.717, 1.165) is 12.8 Å². The second-order valence-electron chi connectivity index (χ2n) is 2.33. The molecule has 0 amide bonds. The van der Waals surface area contributed by atoms with Crippen LogP contribution in [-0.4, -0.2) is 0 Å². The molecule has 0 heteroatoms. The highest BCUT2D eigenvalue weighted by atomic mass is 13.9. The number of hydrogen-bond acceptors (Lipinski definition) is 0. The van der Waals surface area contributed by atoms with Gasteiger partial charge in [0.1, 0.15) is 0 Å². The highest BCUT2D eigenvalue weighted by Gasteiger charge is 1.88. The van der Waals surface area contributed by atoms with E-state index in [1.54, 1.807) is 0 Å².